The highest BCUT2D eigenvalue weighted by molar-refractivity contribution is 5.85. The summed E-state index contributed by atoms with van der Waals surface area (Å²) in [5, 5.41) is 11.2. The lowest BCUT2D eigenvalue weighted by Gasteiger charge is -2.31. The van der Waals surface area contributed by atoms with Gasteiger partial charge in [-0.1, -0.05) is 6.07 Å². The number of rotatable bonds is 5. The minimum absolute atomic E-state index is 0.0822. The van der Waals surface area contributed by atoms with E-state index in [4.69, 9.17) is 9.15 Å². The molecule has 0 atom stereocenters. The van der Waals surface area contributed by atoms with Gasteiger partial charge in [-0.3, -0.25) is 14.7 Å². The molecular weight excluding hydrogens is 384 g/mol. The highest BCUT2D eigenvalue weighted by Gasteiger charge is 2.27. The zero-order valence-electron chi connectivity index (χ0n) is 16.8. The van der Waals surface area contributed by atoms with Crippen LogP contribution in [0.2, 0.25) is 0 Å². The van der Waals surface area contributed by atoms with Gasteiger partial charge in [0.05, 0.1) is 29.3 Å². The number of aromatic nitrogens is 1. The van der Waals surface area contributed by atoms with Crippen LogP contribution in [0, 0.1) is 5.92 Å². The molecule has 0 spiro atoms. The van der Waals surface area contributed by atoms with Crippen LogP contribution in [0.1, 0.15) is 25.3 Å². The molecule has 156 valence electrons. The Morgan fingerprint density at radius 2 is 2.07 bits per heavy atom. The van der Waals surface area contributed by atoms with E-state index in [1.165, 1.54) is 0 Å². The number of hydrogen-bond acceptors (Lipinski definition) is 7. The van der Waals surface area contributed by atoms with Gasteiger partial charge >= 0.3 is 11.6 Å². The molecule has 1 saturated heterocycles. The number of likely N-dealkylation sites (tertiary alicyclic amines) is 1. The first kappa shape index (κ1) is 20.1. The Hall–Kier alpha value is -3.19. The number of piperidine rings is 1. The molecule has 4 rings (SSSR count). The Morgan fingerprint density at radius 1 is 1.27 bits per heavy atom. The van der Waals surface area contributed by atoms with Crippen molar-refractivity contribution in [3.8, 4) is 17.0 Å². The van der Waals surface area contributed by atoms with Crippen molar-refractivity contribution in [2.45, 2.75) is 26.3 Å². The number of carbonyl (C=O) groups is 1. The van der Waals surface area contributed by atoms with E-state index >= 15 is 0 Å². The summed E-state index contributed by atoms with van der Waals surface area (Å²) in [6.45, 7) is 4.04. The smallest absolute Gasteiger partial charge is 0.345 e. The standard InChI is InChI=1S/C23H24N2O5/c1-2-29-22(27)15-8-11-25(12-9-15)14-18-20(26)7-6-16-13-17(23(28)30-21(16)18)19-5-3-4-10-24-19/h3-7,10,13,15,26H,2,8-9,11-12,14H2,1H3. The Kier molecular flexibility index (Phi) is 5.81. The van der Waals surface area contributed by atoms with Crippen molar-refractivity contribution < 1.29 is 19.1 Å². The van der Waals surface area contributed by atoms with E-state index in [-0.39, 0.29) is 17.6 Å². The summed E-state index contributed by atoms with van der Waals surface area (Å²) in [6, 6.07) is 10.5. The van der Waals surface area contributed by atoms with Gasteiger partial charge in [-0.2, -0.15) is 0 Å². The van der Waals surface area contributed by atoms with Crippen LogP contribution in [0.4, 0.5) is 0 Å². The fraction of sp³-hybridized carbons (Fsp3) is 0.348. The number of nitrogens with zero attached hydrogens (tertiary/aromatic N) is 2. The topological polar surface area (TPSA) is 92.9 Å². The minimum atomic E-state index is -0.492. The van der Waals surface area contributed by atoms with Crippen LogP contribution in [-0.2, 0) is 16.1 Å². The number of ether oxygens (including phenoxy) is 1. The summed E-state index contributed by atoms with van der Waals surface area (Å²) in [4.78, 5) is 30.9. The lowest BCUT2D eigenvalue weighted by molar-refractivity contribution is -0.149. The van der Waals surface area contributed by atoms with E-state index in [1.54, 1.807) is 36.5 Å². The van der Waals surface area contributed by atoms with Gasteiger partial charge in [-0.25, -0.2) is 4.79 Å². The molecule has 1 N–H and O–H groups in total. The third-order valence-electron chi connectivity index (χ3n) is 5.51. The number of phenolic OH excluding ortho intramolecular Hbond substituents is 1. The zero-order chi connectivity index (χ0) is 21.1. The van der Waals surface area contributed by atoms with Gasteiger partial charge in [0.25, 0.3) is 0 Å². The van der Waals surface area contributed by atoms with Gasteiger partial charge in [0, 0.05) is 18.1 Å². The highest BCUT2D eigenvalue weighted by atomic mass is 16.5. The first-order chi connectivity index (χ1) is 14.6. The second kappa shape index (κ2) is 8.67. The van der Waals surface area contributed by atoms with Crippen molar-refractivity contribution in [1.82, 2.24) is 9.88 Å². The Balaban J connectivity index is 1.59. The average molecular weight is 408 g/mol. The molecule has 3 aromatic rings. The molecule has 1 aromatic carbocycles. The number of aromatic hydroxyl groups is 1. The number of pyridine rings is 1. The molecule has 7 heteroatoms. The number of fused-ring (bicyclic) bond motifs is 1. The van der Waals surface area contributed by atoms with Crippen LogP contribution in [0.3, 0.4) is 0 Å². The van der Waals surface area contributed by atoms with Gasteiger partial charge in [-0.15, -0.1) is 0 Å². The largest absolute Gasteiger partial charge is 0.507 e. The molecular formula is C23H24N2O5. The van der Waals surface area contributed by atoms with Crippen LogP contribution in [0.15, 0.2) is 51.8 Å². The second-order valence-corrected chi connectivity index (χ2v) is 7.45. The summed E-state index contributed by atoms with van der Waals surface area (Å²) in [7, 11) is 0. The van der Waals surface area contributed by atoms with E-state index in [2.05, 4.69) is 9.88 Å². The number of esters is 1. The predicted molar refractivity (Wildman–Crippen MR) is 112 cm³/mol. The van der Waals surface area contributed by atoms with Crippen molar-refractivity contribution in [2.24, 2.45) is 5.92 Å². The molecule has 0 unspecified atom stereocenters. The normalized spacial score (nSPS) is 15.4. The van der Waals surface area contributed by atoms with Crippen LogP contribution in [-0.4, -0.2) is 40.7 Å². The summed E-state index contributed by atoms with van der Waals surface area (Å²) in [6.07, 6.45) is 3.04. The van der Waals surface area contributed by atoms with Gasteiger partial charge in [0.2, 0.25) is 0 Å². The van der Waals surface area contributed by atoms with Crippen molar-refractivity contribution in [3.05, 3.63) is 58.6 Å². The minimum Gasteiger partial charge on any atom is -0.507 e. The Morgan fingerprint density at radius 3 is 2.77 bits per heavy atom. The van der Waals surface area contributed by atoms with Crippen molar-refractivity contribution in [1.29, 1.82) is 0 Å². The molecule has 2 aromatic heterocycles. The molecule has 0 amide bonds. The molecule has 0 saturated carbocycles. The van der Waals surface area contributed by atoms with Gasteiger partial charge in [0.1, 0.15) is 11.3 Å². The first-order valence-electron chi connectivity index (χ1n) is 10.2. The maximum atomic E-state index is 12.6. The second-order valence-electron chi connectivity index (χ2n) is 7.45. The third kappa shape index (κ3) is 4.07. The molecule has 30 heavy (non-hydrogen) atoms. The van der Waals surface area contributed by atoms with Crippen LogP contribution >= 0.6 is 0 Å². The SMILES string of the molecule is CCOC(=O)C1CCN(Cc2c(O)ccc3cc(-c4ccccn4)c(=O)oc23)CC1. The zero-order valence-corrected chi connectivity index (χ0v) is 16.8. The molecule has 3 heterocycles. The maximum absolute atomic E-state index is 12.6. The number of carbonyl (C=O) groups excluding carboxylic acids is 1. The van der Waals surface area contributed by atoms with E-state index in [1.807, 2.05) is 13.0 Å². The van der Waals surface area contributed by atoms with Crippen LogP contribution < -0.4 is 5.63 Å². The molecule has 1 aliphatic rings. The Labute approximate surface area is 173 Å². The highest BCUT2D eigenvalue weighted by Crippen LogP contribution is 2.31. The fourth-order valence-electron chi connectivity index (χ4n) is 3.90. The van der Waals surface area contributed by atoms with E-state index < -0.39 is 5.63 Å². The maximum Gasteiger partial charge on any atom is 0.345 e. The van der Waals surface area contributed by atoms with Crippen molar-refractivity contribution in [2.75, 3.05) is 19.7 Å². The lowest BCUT2D eigenvalue weighted by atomic mass is 9.96. The molecule has 7 nitrogen and oxygen atoms in total. The number of benzene rings is 1. The Bertz CT molecular complexity index is 1100. The van der Waals surface area contributed by atoms with Crippen molar-refractivity contribution in [3.63, 3.8) is 0 Å². The van der Waals surface area contributed by atoms with Gasteiger partial charge in [-0.05, 0) is 63.2 Å². The molecule has 0 bridgehead atoms. The van der Waals surface area contributed by atoms with Crippen LogP contribution in [0.5, 0.6) is 5.75 Å². The average Bonchev–Trinajstić information content (AvgIpc) is 2.77. The number of hydrogen-bond donors (Lipinski definition) is 1. The summed E-state index contributed by atoms with van der Waals surface area (Å²) in [5.74, 6) is -0.136. The first-order valence-corrected chi connectivity index (χ1v) is 10.2. The summed E-state index contributed by atoms with van der Waals surface area (Å²) in [5.41, 5.74) is 1.40. The van der Waals surface area contributed by atoms with Crippen LogP contribution in [0.25, 0.3) is 22.2 Å². The van der Waals surface area contributed by atoms with E-state index in [9.17, 15) is 14.7 Å². The molecule has 1 fully saturated rings. The summed E-state index contributed by atoms with van der Waals surface area (Å²) < 4.78 is 10.8. The molecule has 1 aliphatic heterocycles. The predicted octanol–water partition coefficient (Wildman–Crippen LogP) is 3.34. The quantitative estimate of drug-likeness (QED) is 0.511. The number of phenols is 1. The molecule has 0 aliphatic carbocycles. The summed E-state index contributed by atoms with van der Waals surface area (Å²) >= 11 is 0. The van der Waals surface area contributed by atoms with E-state index in [0.29, 0.717) is 61.5 Å². The monoisotopic (exact) mass is 408 g/mol. The molecule has 0 radical (unpaired) electrons. The van der Waals surface area contributed by atoms with Gasteiger partial charge in [0.15, 0.2) is 0 Å². The lowest BCUT2D eigenvalue weighted by Crippen LogP contribution is -2.36. The van der Waals surface area contributed by atoms with E-state index in [0.717, 1.165) is 5.39 Å². The van der Waals surface area contributed by atoms with Crippen molar-refractivity contribution >= 4 is 16.9 Å². The van der Waals surface area contributed by atoms with Gasteiger partial charge < -0.3 is 14.3 Å². The third-order valence-corrected chi connectivity index (χ3v) is 5.51. The fourth-order valence-corrected chi connectivity index (χ4v) is 3.90.